The first-order chi connectivity index (χ1) is 12.1. The van der Waals surface area contributed by atoms with Gasteiger partial charge in [-0.15, -0.1) is 0 Å². The lowest BCUT2D eigenvalue weighted by molar-refractivity contribution is -0.124. The average Bonchev–Trinajstić information content (AvgIpc) is 2.96. The molecular weight excluding hydrogens is 310 g/mol. The van der Waals surface area contributed by atoms with Gasteiger partial charge in [-0.3, -0.25) is 4.79 Å². The van der Waals surface area contributed by atoms with Crippen LogP contribution in [0.25, 0.3) is 0 Å². The Hall–Kier alpha value is -2.29. The van der Waals surface area contributed by atoms with Gasteiger partial charge in [0, 0.05) is 11.7 Å². The fourth-order valence-corrected chi connectivity index (χ4v) is 4.13. The fraction of sp³-hybridized carbons (Fsp3) is 0.409. The molecule has 25 heavy (non-hydrogen) atoms. The molecule has 0 unspecified atom stereocenters. The van der Waals surface area contributed by atoms with Crippen LogP contribution in [-0.4, -0.2) is 18.1 Å². The van der Waals surface area contributed by atoms with E-state index in [4.69, 9.17) is 4.74 Å². The first-order valence-corrected chi connectivity index (χ1v) is 9.33. The van der Waals surface area contributed by atoms with Gasteiger partial charge in [0.05, 0.1) is 0 Å². The number of nitrogens with zero attached hydrogens (tertiary/aromatic N) is 1. The fourth-order valence-electron chi connectivity index (χ4n) is 4.13. The van der Waals surface area contributed by atoms with Crippen molar-refractivity contribution in [3.63, 3.8) is 0 Å². The number of aryl methyl sites for hydroxylation is 2. The molecule has 4 rings (SSSR count). The van der Waals surface area contributed by atoms with E-state index in [0.29, 0.717) is 0 Å². The van der Waals surface area contributed by atoms with Crippen molar-refractivity contribution in [1.82, 2.24) is 0 Å². The molecule has 130 valence electrons. The van der Waals surface area contributed by atoms with Crippen molar-refractivity contribution in [2.45, 2.75) is 58.1 Å². The van der Waals surface area contributed by atoms with Crippen LogP contribution >= 0.6 is 0 Å². The number of benzene rings is 2. The van der Waals surface area contributed by atoms with Crippen LogP contribution in [0.15, 0.2) is 42.5 Å². The molecular formula is C22H25NO2. The maximum atomic E-state index is 13.0. The van der Waals surface area contributed by atoms with Gasteiger partial charge < -0.3 is 9.64 Å². The highest BCUT2D eigenvalue weighted by molar-refractivity contribution is 5.99. The summed E-state index contributed by atoms with van der Waals surface area (Å²) in [5.74, 6) is 0.844. The summed E-state index contributed by atoms with van der Waals surface area (Å²) >= 11 is 0. The lowest BCUT2D eigenvalue weighted by atomic mass is 9.92. The number of rotatable bonds is 3. The van der Waals surface area contributed by atoms with Crippen LogP contribution in [0.4, 0.5) is 5.69 Å². The molecule has 0 aromatic heterocycles. The van der Waals surface area contributed by atoms with Gasteiger partial charge in [-0.1, -0.05) is 24.3 Å². The lowest BCUT2D eigenvalue weighted by Gasteiger charge is -2.26. The zero-order chi connectivity index (χ0) is 17.4. The van der Waals surface area contributed by atoms with E-state index in [9.17, 15) is 4.79 Å². The molecule has 0 saturated heterocycles. The van der Waals surface area contributed by atoms with E-state index in [2.05, 4.69) is 25.1 Å². The van der Waals surface area contributed by atoms with Crippen molar-refractivity contribution in [3.05, 3.63) is 59.2 Å². The van der Waals surface area contributed by atoms with Crippen LogP contribution in [0.1, 0.15) is 43.4 Å². The van der Waals surface area contributed by atoms with Crippen molar-refractivity contribution >= 4 is 11.6 Å². The van der Waals surface area contributed by atoms with Gasteiger partial charge in [-0.2, -0.15) is 0 Å². The number of fused-ring (bicyclic) bond motifs is 2. The molecule has 2 aliphatic rings. The molecule has 1 heterocycles. The number of hydrogen-bond acceptors (Lipinski definition) is 2. The first kappa shape index (κ1) is 16.2. The molecule has 0 bridgehead atoms. The predicted octanol–water partition coefficient (Wildman–Crippen LogP) is 4.31. The second kappa shape index (κ2) is 6.55. The number of para-hydroxylation sites is 1. The van der Waals surface area contributed by atoms with Crippen molar-refractivity contribution in [2.24, 2.45) is 0 Å². The second-order valence-corrected chi connectivity index (χ2v) is 7.29. The summed E-state index contributed by atoms with van der Waals surface area (Å²) in [5, 5.41) is 0. The molecule has 1 amide bonds. The Labute approximate surface area is 149 Å². The summed E-state index contributed by atoms with van der Waals surface area (Å²) in [6.07, 6.45) is 5.21. The van der Waals surface area contributed by atoms with Crippen molar-refractivity contribution in [3.8, 4) is 5.75 Å². The highest BCUT2D eigenvalue weighted by atomic mass is 16.5. The molecule has 0 saturated carbocycles. The van der Waals surface area contributed by atoms with E-state index < -0.39 is 6.10 Å². The van der Waals surface area contributed by atoms with Crippen molar-refractivity contribution < 1.29 is 9.53 Å². The molecule has 0 N–H and O–H groups in total. The monoisotopic (exact) mass is 335 g/mol. The molecule has 0 fully saturated rings. The topological polar surface area (TPSA) is 29.5 Å². The second-order valence-electron chi connectivity index (χ2n) is 7.29. The van der Waals surface area contributed by atoms with E-state index in [1.54, 1.807) is 0 Å². The molecule has 3 nitrogen and oxygen atoms in total. The van der Waals surface area contributed by atoms with Gasteiger partial charge in [0.15, 0.2) is 6.10 Å². The summed E-state index contributed by atoms with van der Waals surface area (Å²) in [4.78, 5) is 14.9. The summed E-state index contributed by atoms with van der Waals surface area (Å²) < 4.78 is 6.03. The van der Waals surface area contributed by atoms with E-state index in [1.807, 2.05) is 36.1 Å². The zero-order valence-electron chi connectivity index (χ0n) is 15.0. The molecule has 1 aliphatic heterocycles. The third kappa shape index (κ3) is 3.04. The highest BCUT2D eigenvalue weighted by Gasteiger charge is 2.33. The number of carbonyl (C=O) groups is 1. The van der Waals surface area contributed by atoms with Crippen LogP contribution in [0.3, 0.4) is 0 Å². The predicted molar refractivity (Wildman–Crippen MR) is 100 cm³/mol. The Morgan fingerprint density at radius 3 is 2.68 bits per heavy atom. The van der Waals surface area contributed by atoms with Crippen molar-refractivity contribution in [2.75, 3.05) is 4.90 Å². The third-order valence-electron chi connectivity index (χ3n) is 5.43. The van der Waals surface area contributed by atoms with Crippen molar-refractivity contribution in [1.29, 1.82) is 0 Å². The molecule has 0 spiro atoms. The Bertz CT molecular complexity index is 798. The van der Waals surface area contributed by atoms with Crippen LogP contribution < -0.4 is 9.64 Å². The van der Waals surface area contributed by atoms with E-state index >= 15 is 0 Å². The SMILES string of the molecule is C[C@@H]1Cc2ccccc2N1C(=O)[C@@H](C)Oc1ccc2c(c1)CCCC2. The van der Waals surface area contributed by atoms with Crippen LogP contribution in [0.5, 0.6) is 5.75 Å². The van der Waals surface area contributed by atoms with E-state index in [-0.39, 0.29) is 11.9 Å². The third-order valence-corrected chi connectivity index (χ3v) is 5.43. The summed E-state index contributed by atoms with van der Waals surface area (Å²) in [5.41, 5.74) is 5.08. The Kier molecular flexibility index (Phi) is 4.24. The van der Waals surface area contributed by atoms with Crippen LogP contribution in [-0.2, 0) is 24.1 Å². The summed E-state index contributed by atoms with van der Waals surface area (Å²) in [7, 11) is 0. The normalized spacial score (nSPS) is 19.9. The quantitative estimate of drug-likeness (QED) is 0.836. The number of carbonyl (C=O) groups excluding carboxylic acids is 1. The van der Waals surface area contributed by atoms with E-state index in [1.165, 1.54) is 29.5 Å². The van der Waals surface area contributed by atoms with Gasteiger partial charge in [-0.25, -0.2) is 0 Å². The highest BCUT2D eigenvalue weighted by Crippen LogP contribution is 2.33. The molecule has 2 atom stereocenters. The largest absolute Gasteiger partial charge is 0.481 e. The molecule has 2 aromatic rings. The number of amides is 1. The van der Waals surface area contributed by atoms with Crippen LogP contribution in [0, 0.1) is 0 Å². The molecule has 1 aliphatic carbocycles. The molecule has 3 heteroatoms. The minimum absolute atomic E-state index is 0.0372. The number of hydrogen-bond donors (Lipinski definition) is 0. The van der Waals surface area contributed by atoms with Gasteiger partial charge >= 0.3 is 0 Å². The zero-order valence-corrected chi connectivity index (χ0v) is 15.0. The molecule has 0 radical (unpaired) electrons. The minimum atomic E-state index is -0.491. The maximum absolute atomic E-state index is 13.0. The van der Waals surface area contributed by atoms with Gasteiger partial charge in [-0.05, 0) is 80.8 Å². The van der Waals surface area contributed by atoms with Gasteiger partial charge in [0.2, 0.25) is 0 Å². The van der Waals surface area contributed by atoms with E-state index in [0.717, 1.165) is 30.7 Å². The smallest absolute Gasteiger partial charge is 0.268 e. The Morgan fingerprint density at radius 2 is 1.84 bits per heavy atom. The Morgan fingerprint density at radius 1 is 1.08 bits per heavy atom. The summed E-state index contributed by atoms with van der Waals surface area (Å²) in [6, 6.07) is 14.6. The van der Waals surface area contributed by atoms with Crippen LogP contribution in [0.2, 0.25) is 0 Å². The molecule has 2 aromatic carbocycles. The average molecular weight is 335 g/mol. The maximum Gasteiger partial charge on any atom is 0.268 e. The number of anilines is 1. The summed E-state index contributed by atoms with van der Waals surface area (Å²) in [6.45, 7) is 3.96. The minimum Gasteiger partial charge on any atom is -0.481 e. The van der Waals surface area contributed by atoms with Gasteiger partial charge in [0.25, 0.3) is 5.91 Å². The van der Waals surface area contributed by atoms with Gasteiger partial charge in [0.1, 0.15) is 5.75 Å². The first-order valence-electron chi connectivity index (χ1n) is 9.33. The lowest BCUT2D eigenvalue weighted by Crippen LogP contribution is -2.43. The Balaban J connectivity index is 1.51. The standard InChI is InChI=1S/C22H25NO2/c1-15-13-19-9-5-6-10-21(19)23(15)22(24)16(2)25-20-12-11-17-7-3-4-8-18(17)14-20/h5-6,9-12,14-16H,3-4,7-8,13H2,1-2H3/t15-,16-/m1/s1. The number of ether oxygens (including phenoxy) is 1.